The molecule has 0 spiro atoms. The summed E-state index contributed by atoms with van der Waals surface area (Å²) < 4.78 is 27.7. The Kier molecular flexibility index (Phi) is 5.55. The van der Waals surface area contributed by atoms with Crippen LogP contribution in [0.2, 0.25) is 0 Å². The van der Waals surface area contributed by atoms with Crippen LogP contribution in [0.5, 0.6) is 0 Å². The maximum atomic E-state index is 13.8. The Labute approximate surface area is 126 Å². The molecule has 1 amide bonds. The van der Waals surface area contributed by atoms with E-state index in [1.54, 1.807) is 0 Å². The van der Waals surface area contributed by atoms with E-state index in [9.17, 15) is 13.6 Å². The molecule has 1 saturated heterocycles. The second kappa shape index (κ2) is 7.20. The maximum absolute atomic E-state index is 13.8. The van der Waals surface area contributed by atoms with Crippen molar-refractivity contribution in [1.82, 2.24) is 10.2 Å². The number of nitrogens with one attached hydrogen (secondary N) is 1. The van der Waals surface area contributed by atoms with Gasteiger partial charge >= 0.3 is 0 Å². The van der Waals surface area contributed by atoms with E-state index >= 15 is 0 Å². The third-order valence-corrected chi connectivity index (χ3v) is 4.73. The van der Waals surface area contributed by atoms with Gasteiger partial charge < -0.3 is 10.4 Å². The molecule has 1 heterocycles. The van der Waals surface area contributed by atoms with Crippen molar-refractivity contribution in [3.05, 3.63) is 35.4 Å². The van der Waals surface area contributed by atoms with Crippen LogP contribution in [0.15, 0.2) is 18.2 Å². The Morgan fingerprint density at radius 1 is 1.52 bits per heavy atom. The lowest BCUT2D eigenvalue weighted by Crippen LogP contribution is -2.42. The van der Waals surface area contributed by atoms with Gasteiger partial charge in [0.15, 0.2) is 0 Å². The van der Waals surface area contributed by atoms with Crippen LogP contribution in [0, 0.1) is 11.6 Å². The SMILES string of the molecule is CN1CCSC1C(=O)NC(CCO)c1c(F)cccc1F. The predicted octanol–water partition coefficient (Wildman–Crippen LogP) is 1.51. The summed E-state index contributed by atoms with van der Waals surface area (Å²) in [5.74, 6) is -0.892. The summed E-state index contributed by atoms with van der Waals surface area (Å²) in [6.07, 6.45) is 0.0602. The fourth-order valence-electron chi connectivity index (χ4n) is 2.33. The first-order valence-electron chi connectivity index (χ1n) is 6.71. The first-order chi connectivity index (χ1) is 10.0. The minimum Gasteiger partial charge on any atom is -0.396 e. The van der Waals surface area contributed by atoms with E-state index in [4.69, 9.17) is 5.11 Å². The first-order valence-corrected chi connectivity index (χ1v) is 7.76. The molecule has 2 rings (SSSR count). The molecule has 0 aliphatic carbocycles. The van der Waals surface area contributed by atoms with Crippen molar-refractivity contribution in [3.63, 3.8) is 0 Å². The average Bonchev–Trinajstić information content (AvgIpc) is 2.85. The molecule has 1 fully saturated rings. The number of hydrogen-bond acceptors (Lipinski definition) is 4. The van der Waals surface area contributed by atoms with E-state index < -0.39 is 17.7 Å². The highest BCUT2D eigenvalue weighted by molar-refractivity contribution is 8.00. The summed E-state index contributed by atoms with van der Waals surface area (Å²) in [5, 5.41) is 11.4. The molecule has 2 N–H and O–H groups in total. The lowest BCUT2D eigenvalue weighted by Gasteiger charge is -2.24. The molecule has 2 atom stereocenters. The Morgan fingerprint density at radius 2 is 2.19 bits per heavy atom. The van der Waals surface area contributed by atoms with E-state index in [0.717, 1.165) is 24.4 Å². The second-order valence-corrected chi connectivity index (χ2v) is 6.10. The van der Waals surface area contributed by atoms with Crippen molar-refractivity contribution in [3.8, 4) is 0 Å². The smallest absolute Gasteiger partial charge is 0.248 e. The zero-order valence-corrected chi connectivity index (χ0v) is 12.5. The van der Waals surface area contributed by atoms with E-state index in [1.165, 1.54) is 17.8 Å². The molecular formula is C14H18F2N2O2S. The fourth-order valence-corrected chi connectivity index (χ4v) is 3.53. The molecule has 1 aromatic rings. The number of carbonyl (C=O) groups excluding carboxylic acids is 1. The first kappa shape index (κ1) is 16.2. The molecular weight excluding hydrogens is 298 g/mol. The van der Waals surface area contributed by atoms with Crippen molar-refractivity contribution in [2.45, 2.75) is 17.8 Å². The number of likely N-dealkylation sites (N-methyl/N-ethyl adjacent to an activating group) is 1. The van der Waals surface area contributed by atoms with Crippen LogP contribution in [-0.2, 0) is 4.79 Å². The van der Waals surface area contributed by atoms with E-state index in [0.29, 0.717) is 0 Å². The van der Waals surface area contributed by atoms with Crippen LogP contribution >= 0.6 is 11.8 Å². The summed E-state index contributed by atoms with van der Waals surface area (Å²) in [4.78, 5) is 14.1. The van der Waals surface area contributed by atoms with Crippen molar-refractivity contribution >= 4 is 17.7 Å². The highest BCUT2D eigenvalue weighted by Gasteiger charge is 2.31. The number of amides is 1. The minimum absolute atomic E-state index is 0.0602. The Hall–Kier alpha value is -1.18. The topological polar surface area (TPSA) is 52.6 Å². The molecule has 1 aliphatic heterocycles. The molecule has 1 aromatic carbocycles. The van der Waals surface area contributed by atoms with Gasteiger partial charge in [-0.2, -0.15) is 0 Å². The lowest BCUT2D eigenvalue weighted by atomic mass is 10.0. The Bertz CT molecular complexity index is 495. The fraction of sp³-hybridized carbons (Fsp3) is 0.500. The number of aliphatic hydroxyl groups is 1. The van der Waals surface area contributed by atoms with E-state index in [1.807, 2.05) is 11.9 Å². The highest BCUT2D eigenvalue weighted by atomic mass is 32.2. The number of halogens is 2. The standard InChI is InChI=1S/C14H18F2N2O2S/c1-18-6-8-21-14(18)13(20)17-11(5-7-19)12-9(15)3-2-4-10(12)16/h2-4,11,14,19H,5-8H2,1H3,(H,17,20). The lowest BCUT2D eigenvalue weighted by molar-refractivity contribution is -0.123. The zero-order chi connectivity index (χ0) is 15.4. The van der Waals surface area contributed by atoms with Gasteiger partial charge in [0.25, 0.3) is 0 Å². The van der Waals surface area contributed by atoms with Gasteiger partial charge in [0.05, 0.1) is 6.04 Å². The summed E-state index contributed by atoms with van der Waals surface area (Å²) >= 11 is 1.49. The largest absolute Gasteiger partial charge is 0.396 e. The third-order valence-electron chi connectivity index (χ3n) is 3.43. The molecule has 0 aromatic heterocycles. The quantitative estimate of drug-likeness (QED) is 0.865. The van der Waals surface area contributed by atoms with Crippen LogP contribution in [-0.4, -0.2) is 47.2 Å². The summed E-state index contributed by atoms with van der Waals surface area (Å²) in [6.45, 7) is 0.522. The molecule has 0 bridgehead atoms. The molecule has 1 aliphatic rings. The van der Waals surface area contributed by atoms with Gasteiger partial charge in [0.2, 0.25) is 5.91 Å². The van der Waals surface area contributed by atoms with Crippen molar-refractivity contribution < 1.29 is 18.7 Å². The van der Waals surface area contributed by atoms with Crippen LogP contribution in [0.1, 0.15) is 18.0 Å². The maximum Gasteiger partial charge on any atom is 0.248 e. The average molecular weight is 316 g/mol. The molecule has 0 saturated carbocycles. The van der Waals surface area contributed by atoms with Crippen LogP contribution in [0.25, 0.3) is 0 Å². The van der Waals surface area contributed by atoms with E-state index in [2.05, 4.69) is 5.32 Å². The van der Waals surface area contributed by atoms with E-state index in [-0.39, 0.29) is 29.9 Å². The second-order valence-electron chi connectivity index (χ2n) is 4.91. The number of thioether (sulfide) groups is 1. The molecule has 21 heavy (non-hydrogen) atoms. The van der Waals surface area contributed by atoms with Gasteiger partial charge in [0.1, 0.15) is 17.0 Å². The molecule has 116 valence electrons. The molecule has 7 heteroatoms. The minimum atomic E-state index is -0.877. The van der Waals surface area contributed by atoms with Crippen LogP contribution in [0.3, 0.4) is 0 Å². The van der Waals surface area contributed by atoms with Crippen molar-refractivity contribution in [1.29, 1.82) is 0 Å². The van der Waals surface area contributed by atoms with Gasteiger partial charge in [-0.3, -0.25) is 9.69 Å². The van der Waals surface area contributed by atoms with Gasteiger partial charge in [0, 0.05) is 24.5 Å². The highest BCUT2D eigenvalue weighted by Crippen LogP contribution is 2.26. The summed E-state index contributed by atoms with van der Waals surface area (Å²) in [6, 6.07) is 2.68. The van der Waals surface area contributed by atoms with Gasteiger partial charge in [-0.05, 0) is 25.6 Å². The summed E-state index contributed by atoms with van der Waals surface area (Å²) in [7, 11) is 1.83. The van der Waals surface area contributed by atoms with Crippen molar-refractivity contribution in [2.75, 3.05) is 26.0 Å². The number of carbonyl (C=O) groups is 1. The summed E-state index contributed by atoms with van der Waals surface area (Å²) in [5.41, 5.74) is -0.203. The number of rotatable bonds is 5. The number of hydrogen-bond donors (Lipinski definition) is 2. The van der Waals surface area contributed by atoms with Gasteiger partial charge in [-0.15, -0.1) is 11.8 Å². The predicted molar refractivity (Wildman–Crippen MR) is 77.8 cm³/mol. The Morgan fingerprint density at radius 3 is 2.71 bits per heavy atom. The van der Waals surface area contributed by atoms with Crippen molar-refractivity contribution in [2.24, 2.45) is 0 Å². The van der Waals surface area contributed by atoms with Crippen LogP contribution in [0.4, 0.5) is 8.78 Å². The number of aliphatic hydroxyl groups excluding tert-OH is 1. The molecule has 4 nitrogen and oxygen atoms in total. The monoisotopic (exact) mass is 316 g/mol. The van der Waals surface area contributed by atoms with Crippen LogP contribution < -0.4 is 5.32 Å². The number of benzene rings is 1. The molecule has 2 unspecified atom stereocenters. The normalized spacial score (nSPS) is 20.5. The third kappa shape index (κ3) is 3.72. The number of nitrogens with zero attached hydrogens (tertiary/aromatic N) is 1. The Balaban J connectivity index is 2.17. The molecule has 0 radical (unpaired) electrons. The van der Waals surface area contributed by atoms with Gasteiger partial charge in [-0.25, -0.2) is 8.78 Å². The zero-order valence-electron chi connectivity index (χ0n) is 11.7. The van der Waals surface area contributed by atoms with Gasteiger partial charge in [-0.1, -0.05) is 6.07 Å².